The zero-order chi connectivity index (χ0) is 22.0. The van der Waals surface area contributed by atoms with E-state index in [0.717, 1.165) is 33.5 Å². The smallest absolute Gasteiger partial charge is 0.177 e. The number of rotatable bonds is 2. The molecule has 5 rings (SSSR count). The fourth-order valence-electron chi connectivity index (χ4n) is 5.23. The van der Waals surface area contributed by atoms with Crippen LogP contribution in [0.25, 0.3) is 0 Å². The molecule has 1 unspecified atom stereocenters. The average molecular weight is 498 g/mol. The Labute approximate surface area is 191 Å². The number of allylic oxidation sites excluding steroid dienone is 4. The van der Waals surface area contributed by atoms with Crippen molar-refractivity contribution >= 4 is 37.2 Å². The second-order valence-electron chi connectivity index (χ2n) is 9.34. The number of hydrogen-bond donors (Lipinski definition) is 0. The molecule has 0 saturated heterocycles. The fourth-order valence-corrected chi connectivity index (χ4v) is 7.49. The zero-order valence-corrected chi connectivity index (χ0v) is 20.0. The molecule has 0 saturated carbocycles. The third-order valence-corrected chi connectivity index (χ3v) is 8.79. The van der Waals surface area contributed by atoms with Crippen molar-refractivity contribution in [3.05, 3.63) is 86.5 Å². The SMILES string of the molecule is CC1(C)CC(=O)C2=C(C1)N(c1ccccc1)C1=C(C2c2cccc(Br)c2)S(=O)(=O)CC1. The molecule has 6 heteroatoms. The van der Waals surface area contributed by atoms with Crippen LogP contribution in [0.4, 0.5) is 5.69 Å². The molecule has 2 aliphatic heterocycles. The van der Waals surface area contributed by atoms with Crippen LogP contribution >= 0.6 is 15.9 Å². The number of sulfone groups is 1. The molecular formula is C25H24BrNO3S. The van der Waals surface area contributed by atoms with Gasteiger partial charge in [0.2, 0.25) is 0 Å². The van der Waals surface area contributed by atoms with Crippen LogP contribution in [-0.2, 0) is 14.6 Å². The number of carbonyl (C=O) groups is 1. The van der Waals surface area contributed by atoms with Crippen LogP contribution in [0.5, 0.6) is 0 Å². The van der Waals surface area contributed by atoms with Gasteiger partial charge in [0.1, 0.15) is 0 Å². The van der Waals surface area contributed by atoms with Crippen molar-refractivity contribution in [2.24, 2.45) is 5.41 Å². The lowest BCUT2D eigenvalue weighted by molar-refractivity contribution is -0.118. The summed E-state index contributed by atoms with van der Waals surface area (Å²) in [5.41, 5.74) is 4.00. The molecule has 31 heavy (non-hydrogen) atoms. The van der Waals surface area contributed by atoms with Gasteiger partial charge in [-0.3, -0.25) is 4.79 Å². The number of ketones is 1. The van der Waals surface area contributed by atoms with Crippen LogP contribution in [-0.4, -0.2) is 20.0 Å². The molecule has 0 N–H and O–H groups in total. The Hall–Kier alpha value is -2.18. The second kappa shape index (κ2) is 7.17. The van der Waals surface area contributed by atoms with E-state index < -0.39 is 15.8 Å². The highest BCUT2D eigenvalue weighted by Gasteiger charge is 2.50. The van der Waals surface area contributed by atoms with Gasteiger partial charge in [0.25, 0.3) is 0 Å². The topological polar surface area (TPSA) is 54.5 Å². The lowest BCUT2D eigenvalue weighted by Gasteiger charge is -2.44. The zero-order valence-electron chi connectivity index (χ0n) is 17.6. The van der Waals surface area contributed by atoms with E-state index >= 15 is 0 Å². The summed E-state index contributed by atoms with van der Waals surface area (Å²) < 4.78 is 27.5. The Morgan fingerprint density at radius 1 is 1.00 bits per heavy atom. The van der Waals surface area contributed by atoms with E-state index in [1.165, 1.54) is 0 Å². The van der Waals surface area contributed by atoms with Crippen LogP contribution in [0.1, 0.15) is 44.6 Å². The fraction of sp³-hybridized carbons (Fsp3) is 0.320. The normalized spacial score (nSPS) is 24.3. The van der Waals surface area contributed by atoms with Gasteiger partial charge in [-0.1, -0.05) is 60.1 Å². The van der Waals surface area contributed by atoms with Gasteiger partial charge >= 0.3 is 0 Å². The lowest BCUT2D eigenvalue weighted by Crippen LogP contribution is -2.39. The maximum Gasteiger partial charge on any atom is 0.177 e. The van der Waals surface area contributed by atoms with E-state index in [1.807, 2.05) is 54.6 Å². The monoisotopic (exact) mass is 497 g/mol. The van der Waals surface area contributed by atoms with Crippen LogP contribution in [0.2, 0.25) is 0 Å². The van der Waals surface area contributed by atoms with Crippen LogP contribution in [0, 0.1) is 5.41 Å². The highest BCUT2D eigenvalue weighted by atomic mass is 79.9. The molecular weight excluding hydrogens is 474 g/mol. The summed E-state index contributed by atoms with van der Waals surface area (Å²) in [6.45, 7) is 4.22. The van der Waals surface area contributed by atoms with Crippen molar-refractivity contribution in [1.82, 2.24) is 0 Å². The van der Waals surface area contributed by atoms with Crippen LogP contribution < -0.4 is 4.90 Å². The number of para-hydroxylation sites is 1. The third kappa shape index (κ3) is 3.40. The first-order valence-corrected chi connectivity index (χ1v) is 13.0. The molecule has 0 spiro atoms. The van der Waals surface area contributed by atoms with Crippen molar-refractivity contribution in [1.29, 1.82) is 0 Å². The molecule has 0 radical (unpaired) electrons. The molecule has 3 aliphatic rings. The van der Waals surface area contributed by atoms with Crippen molar-refractivity contribution in [3.63, 3.8) is 0 Å². The van der Waals surface area contributed by atoms with Crippen molar-refractivity contribution < 1.29 is 13.2 Å². The molecule has 0 bridgehead atoms. The minimum Gasteiger partial charge on any atom is -0.316 e. The van der Waals surface area contributed by atoms with E-state index in [1.54, 1.807) is 0 Å². The molecule has 4 nitrogen and oxygen atoms in total. The number of hydrogen-bond acceptors (Lipinski definition) is 4. The van der Waals surface area contributed by atoms with Crippen molar-refractivity contribution in [3.8, 4) is 0 Å². The highest BCUT2D eigenvalue weighted by molar-refractivity contribution is 9.10. The first-order valence-electron chi connectivity index (χ1n) is 10.5. The number of nitrogens with zero attached hydrogens (tertiary/aromatic N) is 1. The van der Waals surface area contributed by atoms with Gasteiger partial charge in [0.05, 0.1) is 16.6 Å². The maximum absolute atomic E-state index is 13.6. The molecule has 2 aromatic rings. The highest BCUT2D eigenvalue weighted by Crippen LogP contribution is 2.54. The van der Waals surface area contributed by atoms with Crippen molar-refractivity contribution in [2.75, 3.05) is 10.7 Å². The number of carbonyl (C=O) groups excluding carboxylic acids is 1. The molecule has 0 fully saturated rings. The largest absolute Gasteiger partial charge is 0.316 e. The molecule has 2 heterocycles. The summed E-state index contributed by atoms with van der Waals surface area (Å²) >= 11 is 3.52. The first-order chi connectivity index (χ1) is 14.7. The van der Waals surface area contributed by atoms with Gasteiger partial charge < -0.3 is 4.90 Å². The van der Waals surface area contributed by atoms with Crippen LogP contribution in [0.3, 0.4) is 0 Å². The molecule has 0 amide bonds. The van der Waals surface area contributed by atoms with E-state index in [2.05, 4.69) is 34.7 Å². The molecule has 1 atom stereocenters. The van der Waals surface area contributed by atoms with E-state index in [4.69, 9.17) is 0 Å². The third-order valence-electron chi connectivity index (χ3n) is 6.41. The number of Topliss-reactive ketones (excluding diaryl/α,β-unsaturated/α-hetero) is 1. The van der Waals surface area contributed by atoms with E-state index in [0.29, 0.717) is 23.3 Å². The predicted octanol–water partition coefficient (Wildman–Crippen LogP) is 5.73. The van der Waals surface area contributed by atoms with E-state index in [-0.39, 0.29) is 17.0 Å². The van der Waals surface area contributed by atoms with Gasteiger partial charge in [-0.15, -0.1) is 0 Å². The Morgan fingerprint density at radius 2 is 1.74 bits per heavy atom. The van der Waals surface area contributed by atoms with Gasteiger partial charge in [-0.2, -0.15) is 0 Å². The minimum absolute atomic E-state index is 0.0470. The summed E-state index contributed by atoms with van der Waals surface area (Å²) in [7, 11) is -3.46. The molecule has 1 aliphatic carbocycles. The van der Waals surface area contributed by atoms with Gasteiger partial charge in [0.15, 0.2) is 15.6 Å². The molecule has 0 aromatic heterocycles. The second-order valence-corrected chi connectivity index (χ2v) is 12.3. The summed E-state index contributed by atoms with van der Waals surface area (Å²) in [5, 5.41) is 0. The standard InChI is InChI=1S/C25H24BrNO3S/c1-25(2)14-20-23(21(28)15-25)22(16-7-6-8-17(26)13-16)24-19(11-12-31(24,29)30)27(20)18-9-4-3-5-10-18/h3-10,13,22H,11-12,14-15H2,1-2H3. The van der Waals surface area contributed by atoms with Gasteiger partial charge in [-0.25, -0.2) is 8.42 Å². The maximum atomic E-state index is 13.6. The Kier molecular flexibility index (Phi) is 4.79. The number of benzene rings is 2. The average Bonchev–Trinajstić information content (AvgIpc) is 3.01. The van der Waals surface area contributed by atoms with Gasteiger partial charge in [-0.05, 0) is 41.7 Å². The predicted molar refractivity (Wildman–Crippen MR) is 126 cm³/mol. The quantitative estimate of drug-likeness (QED) is 0.531. The summed E-state index contributed by atoms with van der Waals surface area (Å²) in [6, 6.07) is 17.5. The Morgan fingerprint density at radius 3 is 2.45 bits per heavy atom. The van der Waals surface area contributed by atoms with Crippen LogP contribution in [0.15, 0.2) is 80.9 Å². The summed E-state index contributed by atoms with van der Waals surface area (Å²) in [5.74, 6) is -0.409. The minimum atomic E-state index is -3.46. The molecule has 160 valence electrons. The first kappa shape index (κ1) is 20.7. The molecule has 2 aromatic carbocycles. The Bertz CT molecular complexity index is 1260. The number of halogens is 1. The lowest BCUT2D eigenvalue weighted by atomic mass is 9.70. The summed E-state index contributed by atoms with van der Waals surface area (Å²) in [6.07, 6.45) is 1.61. The van der Waals surface area contributed by atoms with Crippen molar-refractivity contribution in [2.45, 2.75) is 39.0 Å². The Balaban J connectivity index is 1.84. The number of anilines is 1. The van der Waals surface area contributed by atoms with E-state index in [9.17, 15) is 13.2 Å². The van der Waals surface area contributed by atoms with Gasteiger partial charge in [0, 0.05) is 40.0 Å². The summed E-state index contributed by atoms with van der Waals surface area (Å²) in [4.78, 5) is 16.1.